The van der Waals surface area contributed by atoms with Gasteiger partial charge in [0.2, 0.25) is 5.91 Å². The van der Waals surface area contributed by atoms with Gasteiger partial charge >= 0.3 is 0 Å². The molecule has 2 saturated heterocycles. The minimum absolute atomic E-state index is 0.0548. The summed E-state index contributed by atoms with van der Waals surface area (Å²) >= 11 is 0. The summed E-state index contributed by atoms with van der Waals surface area (Å²) in [7, 11) is -3.42. The lowest BCUT2D eigenvalue weighted by Gasteiger charge is -2.35. The van der Waals surface area contributed by atoms with Gasteiger partial charge in [0.05, 0.1) is 18.0 Å². The SMILES string of the molecule is C[C@@H](O)CN1CCN(C(=O)CS(=O)(=O)C[C@H]2CCCO2)CC1. The number of nitrogens with zero attached hydrogens (tertiary/aromatic N) is 2. The Labute approximate surface area is 132 Å². The Bertz CT molecular complexity index is 466. The number of sulfone groups is 1. The molecule has 2 atom stereocenters. The van der Waals surface area contributed by atoms with Crippen LogP contribution < -0.4 is 0 Å². The molecule has 0 aromatic rings. The minimum atomic E-state index is -3.42. The molecule has 0 saturated carbocycles. The highest BCUT2D eigenvalue weighted by Crippen LogP contribution is 2.15. The normalized spacial score (nSPS) is 25.4. The molecule has 8 heteroatoms. The first-order valence-corrected chi connectivity index (χ1v) is 9.68. The van der Waals surface area contributed by atoms with Gasteiger partial charge in [0, 0.05) is 39.3 Å². The number of amides is 1. The van der Waals surface area contributed by atoms with Gasteiger partial charge in [-0.3, -0.25) is 9.69 Å². The fourth-order valence-corrected chi connectivity index (χ4v) is 4.46. The van der Waals surface area contributed by atoms with Gasteiger partial charge < -0.3 is 14.7 Å². The van der Waals surface area contributed by atoms with E-state index in [-0.39, 0.29) is 17.8 Å². The van der Waals surface area contributed by atoms with Crippen LogP contribution in [-0.2, 0) is 19.4 Å². The number of carbonyl (C=O) groups is 1. The first kappa shape index (κ1) is 17.7. The molecule has 0 unspecified atom stereocenters. The third-order valence-corrected chi connectivity index (χ3v) is 5.62. The number of ether oxygens (including phenoxy) is 1. The molecular weight excluding hydrogens is 308 g/mol. The number of aliphatic hydroxyl groups excluding tert-OH is 1. The lowest BCUT2D eigenvalue weighted by atomic mass is 10.3. The zero-order valence-electron chi connectivity index (χ0n) is 13.1. The second kappa shape index (κ2) is 7.72. The lowest BCUT2D eigenvalue weighted by Crippen LogP contribution is -2.51. The van der Waals surface area contributed by atoms with Gasteiger partial charge in [-0.2, -0.15) is 0 Å². The number of piperazine rings is 1. The van der Waals surface area contributed by atoms with Crippen molar-refractivity contribution in [3.05, 3.63) is 0 Å². The Morgan fingerprint density at radius 3 is 2.55 bits per heavy atom. The summed E-state index contributed by atoms with van der Waals surface area (Å²) < 4.78 is 29.5. The Hall–Kier alpha value is -0.700. The highest BCUT2D eigenvalue weighted by Gasteiger charge is 2.29. The number of β-amino-alcohol motifs (C(OH)–C–C–N with tert-alkyl or cyclic N) is 1. The van der Waals surface area contributed by atoms with E-state index in [1.807, 2.05) is 0 Å². The van der Waals surface area contributed by atoms with Crippen molar-refractivity contribution < 1.29 is 23.1 Å². The zero-order valence-corrected chi connectivity index (χ0v) is 13.9. The second-order valence-corrected chi connectivity index (χ2v) is 8.33. The number of hydrogen-bond donors (Lipinski definition) is 1. The molecule has 1 N–H and O–H groups in total. The summed E-state index contributed by atoms with van der Waals surface area (Å²) in [5.74, 6) is -0.807. The topological polar surface area (TPSA) is 87.2 Å². The molecule has 0 aromatic heterocycles. The number of hydrogen-bond acceptors (Lipinski definition) is 6. The smallest absolute Gasteiger partial charge is 0.237 e. The zero-order chi connectivity index (χ0) is 16.2. The van der Waals surface area contributed by atoms with Crippen LogP contribution in [0.2, 0.25) is 0 Å². The third kappa shape index (κ3) is 5.49. The van der Waals surface area contributed by atoms with Crippen molar-refractivity contribution in [2.75, 3.05) is 50.8 Å². The standard InChI is InChI=1S/C14H26N2O5S/c1-12(17)9-15-4-6-16(7-5-15)14(18)11-22(19,20)10-13-3-2-8-21-13/h12-13,17H,2-11H2,1H3/t12-,13-/m1/s1. The summed E-state index contributed by atoms with van der Waals surface area (Å²) in [6.07, 6.45) is 1.000. The van der Waals surface area contributed by atoms with Crippen LogP contribution in [0.15, 0.2) is 0 Å². The van der Waals surface area contributed by atoms with E-state index in [0.29, 0.717) is 39.3 Å². The summed E-state index contributed by atoms with van der Waals surface area (Å²) in [4.78, 5) is 15.8. The van der Waals surface area contributed by atoms with Gasteiger partial charge in [-0.05, 0) is 19.8 Å². The van der Waals surface area contributed by atoms with E-state index < -0.39 is 21.7 Å². The van der Waals surface area contributed by atoms with E-state index in [2.05, 4.69) is 4.90 Å². The van der Waals surface area contributed by atoms with Crippen LogP contribution in [0, 0.1) is 0 Å². The average Bonchev–Trinajstić information content (AvgIpc) is 2.90. The first-order valence-electron chi connectivity index (χ1n) is 7.86. The molecule has 0 spiro atoms. The fraction of sp³-hybridized carbons (Fsp3) is 0.929. The predicted octanol–water partition coefficient (Wildman–Crippen LogP) is -0.895. The van der Waals surface area contributed by atoms with Gasteiger partial charge in [0.1, 0.15) is 5.75 Å². The maximum absolute atomic E-state index is 12.2. The molecule has 0 aromatic carbocycles. The fourth-order valence-electron chi connectivity index (χ4n) is 2.95. The molecule has 0 aliphatic carbocycles. The van der Waals surface area contributed by atoms with Crippen LogP contribution in [0.4, 0.5) is 0 Å². The van der Waals surface area contributed by atoms with Gasteiger partial charge in [-0.25, -0.2) is 8.42 Å². The highest BCUT2D eigenvalue weighted by atomic mass is 32.2. The van der Waals surface area contributed by atoms with Crippen molar-refractivity contribution in [1.82, 2.24) is 9.80 Å². The summed E-state index contributed by atoms with van der Waals surface area (Å²) in [5.41, 5.74) is 0. The average molecular weight is 334 g/mol. The van der Waals surface area contributed by atoms with Crippen LogP contribution in [-0.4, -0.2) is 92.3 Å². The predicted molar refractivity (Wildman–Crippen MR) is 82.3 cm³/mol. The van der Waals surface area contributed by atoms with Crippen molar-refractivity contribution in [2.45, 2.75) is 32.0 Å². The largest absolute Gasteiger partial charge is 0.392 e. The molecule has 0 radical (unpaired) electrons. The Morgan fingerprint density at radius 1 is 1.32 bits per heavy atom. The molecular formula is C14H26N2O5S. The molecule has 7 nitrogen and oxygen atoms in total. The van der Waals surface area contributed by atoms with E-state index >= 15 is 0 Å². The highest BCUT2D eigenvalue weighted by molar-refractivity contribution is 7.92. The molecule has 0 bridgehead atoms. The van der Waals surface area contributed by atoms with Crippen LogP contribution in [0.1, 0.15) is 19.8 Å². The molecule has 2 fully saturated rings. The summed E-state index contributed by atoms with van der Waals surface area (Å²) in [6.45, 7) is 5.29. The maximum Gasteiger partial charge on any atom is 0.237 e. The second-order valence-electron chi connectivity index (χ2n) is 6.22. The van der Waals surface area contributed by atoms with Crippen molar-refractivity contribution >= 4 is 15.7 Å². The van der Waals surface area contributed by atoms with Crippen LogP contribution in [0.3, 0.4) is 0 Å². The van der Waals surface area contributed by atoms with E-state index in [1.165, 1.54) is 0 Å². The van der Waals surface area contributed by atoms with Crippen molar-refractivity contribution in [3.63, 3.8) is 0 Å². The molecule has 22 heavy (non-hydrogen) atoms. The van der Waals surface area contributed by atoms with Crippen molar-refractivity contribution in [3.8, 4) is 0 Å². The van der Waals surface area contributed by atoms with E-state index in [0.717, 1.165) is 12.8 Å². The van der Waals surface area contributed by atoms with Gasteiger partial charge in [-0.1, -0.05) is 0 Å². The van der Waals surface area contributed by atoms with E-state index in [9.17, 15) is 18.3 Å². The molecule has 128 valence electrons. The Kier molecular flexibility index (Phi) is 6.19. The third-order valence-electron chi connectivity index (χ3n) is 4.05. The maximum atomic E-state index is 12.2. The minimum Gasteiger partial charge on any atom is -0.392 e. The monoisotopic (exact) mass is 334 g/mol. The molecule has 2 heterocycles. The lowest BCUT2D eigenvalue weighted by molar-refractivity contribution is -0.130. The van der Waals surface area contributed by atoms with Crippen LogP contribution in [0.25, 0.3) is 0 Å². The van der Waals surface area contributed by atoms with E-state index in [4.69, 9.17) is 4.74 Å². The number of carbonyl (C=O) groups excluding carboxylic acids is 1. The van der Waals surface area contributed by atoms with Gasteiger partial charge in [0.25, 0.3) is 0 Å². The molecule has 2 aliphatic rings. The number of rotatable bonds is 6. The first-order chi connectivity index (χ1) is 10.4. The molecule has 2 rings (SSSR count). The van der Waals surface area contributed by atoms with Crippen LogP contribution >= 0.6 is 0 Å². The van der Waals surface area contributed by atoms with Crippen molar-refractivity contribution in [1.29, 1.82) is 0 Å². The van der Waals surface area contributed by atoms with E-state index in [1.54, 1.807) is 11.8 Å². The molecule has 1 amide bonds. The van der Waals surface area contributed by atoms with Gasteiger partial charge in [0.15, 0.2) is 9.84 Å². The number of aliphatic hydroxyl groups is 1. The Balaban J connectivity index is 1.77. The Morgan fingerprint density at radius 2 is 2.00 bits per heavy atom. The summed E-state index contributed by atoms with van der Waals surface area (Å²) in [6, 6.07) is 0. The molecule has 2 aliphatic heterocycles. The quantitative estimate of drug-likeness (QED) is 0.678. The van der Waals surface area contributed by atoms with Crippen molar-refractivity contribution in [2.24, 2.45) is 0 Å². The van der Waals surface area contributed by atoms with Gasteiger partial charge in [-0.15, -0.1) is 0 Å². The summed E-state index contributed by atoms with van der Waals surface area (Å²) in [5, 5.41) is 9.35. The van der Waals surface area contributed by atoms with Crippen LogP contribution in [0.5, 0.6) is 0 Å².